The van der Waals surface area contributed by atoms with Gasteiger partial charge in [-0.15, -0.1) is 0 Å². The van der Waals surface area contributed by atoms with Crippen LogP contribution in [0.1, 0.15) is 37.6 Å². The minimum absolute atomic E-state index is 0.108. The zero-order valence-corrected chi connectivity index (χ0v) is 19.8. The Hall–Kier alpha value is -3.93. The third-order valence-electron chi connectivity index (χ3n) is 5.34. The monoisotopic (exact) mass is 455 g/mol. The highest BCUT2D eigenvalue weighted by Crippen LogP contribution is 2.33. The average molecular weight is 456 g/mol. The van der Waals surface area contributed by atoms with E-state index in [0.717, 1.165) is 46.0 Å². The van der Waals surface area contributed by atoms with E-state index in [-0.39, 0.29) is 5.91 Å². The van der Waals surface area contributed by atoms with Gasteiger partial charge in [0.2, 0.25) is 0 Å². The maximum Gasteiger partial charge on any atom is 0.251 e. The van der Waals surface area contributed by atoms with Gasteiger partial charge >= 0.3 is 0 Å². The molecule has 4 aromatic rings. The van der Waals surface area contributed by atoms with Crippen LogP contribution in [0.2, 0.25) is 0 Å². The SMILES string of the molecule is CCCNC(=O)c1ccc2nc(-c3ccc(OCC)cc3)c(-c3ccc(OCC)cc3)nc2c1. The van der Waals surface area contributed by atoms with E-state index in [1.807, 2.05) is 75.4 Å². The number of hydrogen-bond acceptors (Lipinski definition) is 5. The molecular weight excluding hydrogens is 426 g/mol. The van der Waals surface area contributed by atoms with Gasteiger partial charge in [-0.1, -0.05) is 6.92 Å². The highest BCUT2D eigenvalue weighted by molar-refractivity contribution is 5.98. The van der Waals surface area contributed by atoms with E-state index in [1.54, 1.807) is 12.1 Å². The molecule has 0 saturated carbocycles. The summed E-state index contributed by atoms with van der Waals surface area (Å²) < 4.78 is 11.2. The van der Waals surface area contributed by atoms with E-state index in [1.165, 1.54) is 0 Å². The van der Waals surface area contributed by atoms with E-state index in [4.69, 9.17) is 19.4 Å². The van der Waals surface area contributed by atoms with Crippen molar-refractivity contribution in [2.45, 2.75) is 27.2 Å². The number of benzene rings is 3. The van der Waals surface area contributed by atoms with Gasteiger partial charge in [0.15, 0.2) is 0 Å². The maximum atomic E-state index is 12.5. The van der Waals surface area contributed by atoms with Crippen molar-refractivity contribution in [2.24, 2.45) is 0 Å². The minimum atomic E-state index is -0.108. The van der Waals surface area contributed by atoms with Crippen molar-refractivity contribution in [3.8, 4) is 34.0 Å². The summed E-state index contributed by atoms with van der Waals surface area (Å²) in [7, 11) is 0. The first-order chi connectivity index (χ1) is 16.6. The molecule has 34 heavy (non-hydrogen) atoms. The second-order valence-corrected chi connectivity index (χ2v) is 7.79. The first-order valence-corrected chi connectivity index (χ1v) is 11.7. The molecule has 0 bridgehead atoms. The number of carbonyl (C=O) groups excluding carboxylic acids is 1. The van der Waals surface area contributed by atoms with Crippen molar-refractivity contribution in [1.29, 1.82) is 0 Å². The molecule has 6 heteroatoms. The smallest absolute Gasteiger partial charge is 0.251 e. The first kappa shape index (κ1) is 23.2. The van der Waals surface area contributed by atoms with Crippen LogP contribution in [0.25, 0.3) is 33.5 Å². The molecule has 6 nitrogen and oxygen atoms in total. The van der Waals surface area contributed by atoms with Crippen molar-refractivity contribution in [1.82, 2.24) is 15.3 Å². The molecule has 0 aliphatic rings. The summed E-state index contributed by atoms with van der Waals surface area (Å²) in [6, 6.07) is 21.1. The zero-order valence-electron chi connectivity index (χ0n) is 19.8. The van der Waals surface area contributed by atoms with Crippen LogP contribution in [0.4, 0.5) is 0 Å². The summed E-state index contributed by atoms with van der Waals surface area (Å²) in [5.74, 6) is 1.51. The number of nitrogens with one attached hydrogen (secondary N) is 1. The molecule has 0 aliphatic heterocycles. The fourth-order valence-corrected chi connectivity index (χ4v) is 3.69. The quantitative estimate of drug-likeness (QED) is 0.340. The number of nitrogens with zero attached hydrogens (tertiary/aromatic N) is 2. The van der Waals surface area contributed by atoms with Crippen LogP contribution in [0.5, 0.6) is 11.5 Å². The Morgan fingerprint density at radius 3 is 1.76 bits per heavy atom. The third kappa shape index (κ3) is 5.17. The summed E-state index contributed by atoms with van der Waals surface area (Å²) in [4.78, 5) is 22.4. The van der Waals surface area contributed by atoms with Crippen molar-refractivity contribution in [3.05, 3.63) is 72.3 Å². The van der Waals surface area contributed by atoms with Crippen LogP contribution in [-0.4, -0.2) is 35.6 Å². The Morgan fingerprint density at radius 1 is 0.735 bits per heavy atom. The lowest BCUT2D eigenvalue weighted by Crippen LogP contribution is -2.23. The van der Waals surface area contributed by atoms with Gasteiger partial charge in [-0.2, -0.15) is 0 Å². The molecule has 0 radical (unpaired) electrons. The molecule has 1 amide bonds. The van der Waals surface area contributed by atoms with E-state index in [2.05, 4.69) is 5.32 Å². The Morgan fingerprint density at radius 2 is 1.26 bits per heavy atom. The fourth-order valence-electron chi connectivity index (χ4n) is 3.69. The van der Waals surface area contributed by atoms with Gasteiger partial charge in [-0.3, -0.25) is 4.79 Å². The summed E-state index contributed by atoms with van der Waals surface area (Å²) in [5.41, 5.74) is 5.33. The fraction of sp³-hybridized carbons (Fsp3) is 0.250. The summed E-state index contributed by atoms with van der Waals surface area (Å²) >= 11 is 0. The van der Waals surface area contributed by atoms with E-state index in [9.17, 15) is 4.79 Å². The molecule has 0 unspecified atom stereocenters. The molecule has 0 fully saturated rings. The predicted octanol–water partition coefficient (Wildman–Crippen LogP) is 5.90. The second-order valence-electron chi connectivity index (χ2n) is 7.79. The summed E-state index contributed by atoms with van der Waals surface area (Å²) in [6.45, 7) is 7.80. The average Bonchev–Trinajstić information content (AvgIpc) is 2.87. The number of ether oxygens (including phenoxy) is 2. The van der Waals surface area contributed by atoms with E-state index < -0.39 is 0 Å². The predicted molar refractivity (Wildman–Crippen MR) is 135 cm³/mol. The summed E-state index contributed by atoms with van der Waals surface area (Å²) in [6.07, 6.45) is 0.881. The van der Waals surface area contributed by atoms with Gasteiger partial charge in [0.25, 0.3) is 5.91 Å². The van der Waals surface area contributed by atoms with Crippen LogP contribution in [0, 0.1) is 0 Å². The zero-order chi connectivity index (χ0) is 23.9. The van der Waals surface area contributed by atoms with Crippen molar-refractivity contribution in [2.75, 3.05) is 19.8 Å². The Balaban J connectivity index is 1.82. The topological polar surface area (TPSA) is 73.3 Å². The Kier molecular flexibility index (Phi) is 7.38. The highest BCUT2D eigenvalue weighted by atomic mass is 16.5. The lowest BCUT2D eigenvalue weighted by Gasteiger charge is -2.13. The van der Waals surface area contributed by atoms with Crippen molar-refractivity contribution >= 4 is 16.9 Å². The molecule has 174 valence electrons. The van der Waals surface area contributed by atoms with Crippen molar-refractivity contribution < 1.29 is 14.3 Å². The molecule has 0 saturated heterocycles. The van der Waals surface area contributed by atoms with E-state index >= 15 is 0 Å². The number of fused-ring (bicyclic) bond motifs is 1. The molecule has 0 atom stereocenters. The van der Waals surface area contributed by atoms with Gasteiger partial charge in [0.05, 0.1) is 35.6 Å². The third-order valence-corrected chi connectivity index (χ3v) is 5.34. The van der Waals surface area contributed by atoms with Crippen LogP contribution in [0.3, 0.4) is 0 Å². The van der Waals surface area contributed by atoms with Crippen molar-refractivity contribution in [3.63, 3.8) is 0 Å². The first-order valence-electron chi connectivity index (χ1n) is 11.7. The van der Waals surface area contributed by atoms with Gasteiger partial charge in [-0.25, -0.2) is 9.97 Å². The molecule has 1 heterocycles. The van der Waals surface area contributed by atoms with Crippen LogP contribution in [-0.2, 0) is 0 Å². The van der Waals surface area contributed by atoms with Gasteiger partial charge < -0.3 is 14.8 Å². The number of amides is 1. The number of aromatic nitrogens is 2. The van der Waals surface area contributed by atoms with E-state index in [0.29, 0.717) is 30.8 Å². The lowest BCUT2D eigenvalue weighted by molar-refractivity contribution is 0.0954. The van der Waals surface area contributed by atoms with Crippen LogP contribution in [0.15, 0.2) is 66.7 Å². The van der Waals surface area contributed by atoms with Gasteiger partial charge in [0.1, 0.15) is 11.5 Å². The molecule has 4 rings (SSSR count). The minimum Gasteiger partial charge on any atom is -0.494 e. The normalized spacial score (nSPS) is 10.8. The molecular formula is C28H29N3O3. The standard InChI is InChI=1S/C28H29N3O3/c1-4-17-29-28(32)21-11-16-24-25(18-21)31-27(20-9-14-23(15-10-20)34-6-3)26(30-24)19-7-12-22(13-8-19)33-5-2/h7-16,18H,4-6,17H2,1-3H3,(H,29,32). The second kappa shape index (κ2) is 10.8. The molecule has 1 aromatic heterocycles. The largest absolute Gasteiger partial charge is 0.494 e. The highest BCUT2D eigenvalue weighted by Gasteiger charge is 2.15. The van der Waals surface area contributed by atoms with Crippen LogP contribution >= 0.6 is 0 Å². The maximum absolute atomic E-state index is 12.5. The van der Waals surface area contributed by atoms with Gasteiger partial charge in [0, 0.05) is 23.2 Å². The number of rotatable bonds is 9. The Labute approximate surface area is 200 Å². The number of carbonyl (C=O) groups is 1. The Bertz CT molecular complexity index is 1270. The number of hydrogen-bond donors (Lipinski definition) is 1. The lowest BCUT2D eigenvalue weighted by atomic mass is 10.0. The molecule has 3 aromatic carbocycles. The summed E-state index contributed by atoms with van der Waals surface area (Å²) in [5, 5.41) is 2.92. The van der Waals surface area contributed by atoms with Gasteiger partial charge in [-0.05, 0) is 87.0 Å². The molecule has 1 N–H and O–H groups in total. The molecule has 0 aliphatic carbocycles. The van der Waals surface area contributed by atoms with Crippen LogP contribution < -0.4 is 14.8 Å². The molecule has 0 spiro atoms.